The van der Waals surface area contributed by atoms with E-state index in [1.54, 1.807) is 43.3 Å². The molecule has 0 aromatic heterocycles. The summed E-state index contributed by atoms with van der Waals surface area (Å²) in [5, 5.41) is 20.2. The molecule has 2 amide bonds. The number of rotatable bonds is 8. The first kappa shape index (κ1) is 27.5. The van der Waals surface area contributed by atoms with Gasteiger partial charge in [0.1, 0.15) is 17.2 Å². The molecule has 0 heterocycles. The number of aromatic hydroxyl groups is 2. The van der Waals surface area contributed by atoms with E-state index in [9.17, 15) is 19.8 Å². The van der Waals surface area contributed by atoms with Crippen LogP contribution in [-0.2, 0) is 13.1 Å². The van der Waals surface area contributed by atoms with Gasteiger partial charge in [-0.25, -0.2) is 0 Å². The van der Waals surface area contributed by atoms with Gasteiger partial charge in [-0.2, -0.15) is 0 Å². The Morgan fingerprint density at radius 3 is 2.15 bits per heavy atom. The molecule has 4 aromatic carbocycles. The molecular weight excluding hydrogens is 516 g/mol. The minimum absolute atomic E-state index is 0.0486. The summed E-state index contributed by atoms with van der Waals surface area (Å²) in [6.45, 7) is 2.59. The van der Waals surface area contributed by atoms with Gasteiger partial charge in [-0.15, -0.1) is 0 Å². The van der Waals surface area contributed by atoms with Crippen LogP contribution in [-0.4, -0.2) is 41.1 Å². The maximum Gasteiger partial charge on any atom is 0.262 e. The number of phenols is 2. The highest BCUT2D eigenvalue weighted by Gasteiger charge is 2.23. The third-order valence-corrected chi connectivity index (χ3v) is 6.62. The van der Waals surface area contributed by atoms with E-state index in [-0.39, 0.29) is 34.5 Å². The Morgan fingerprint density at radius 1 is 0.821 bits per heavy atom. The molecule has 4 aromatic rings. The second kappa shape index (κ2) is 11.9. The van der Waals surface area contributed by atoms with Gasteiger partial charge in [0, 0.05) is 30.9 Å². The molecule has 0 aliphatic carbocycles. The van der Waals surface area contributed by atoms with Crippen molar-refractivity contribution in [2.45, 2.75) is 20.0 Å². The van der Waals surface area contributed by atoms with Crippen LogP contribution >= 0.6 is 11.6 Å². The van der Waals surface area contributed by atoms with Gasteiger partial charge in [-0.05, 0) is 60.5 Å². The summed E-state index contributed by atoms with van der Waals surface area (Å²) in [5.74, 6) is -0.639. The van der Waals surface area contributed by atoms with Crippen molar-refractivity contribution in [2.24, 2.45) is 0 Å². The van der Waals surface area contributed by atoms with Gasteiger partial charge in [0.2, 0.25) is 0 Å². The average Bonchev–Trinajstić information content (AvgIpc) is 2.93. The van der Waals surface area contributed by atoms with Crippen LogP contribution in [0, 0.1) is 6.92 Å². The Bertz CT molecular complexity index is 1490. The first-order chi connectivity index (χ1) is 18.7. The average molecular weight is 545 g/mol. The molecule has 0 saturated heterocycles. The summed E-state index contributed by atoms with van der Waals surface area (Å²) in [7, 11) is 3.33. The minimum Gasteiger partial charge on any atom is -0.507 e. The smallest absolute Gasteiger partial charge is 0.262 e. The van der Waals surface area contributed by atoms with E-state index in [1.165, 1.54) is 11.0 Å². The molecule has 0 radical (unpaired) electrons. The van der Waals surface area contributed by atoms with Gasteiger partial charge in [0.25, 0.3) is 11.8 Å². The van der Waals surface area contributed by atoms with Crippen LogP contribution in [0.1, 0.15) is 37.4 Å². The molecule has 0 spiro atoms. The van der Waals surface area contributed by atoms with Crippen LogP contribution in [0.15, 0.2) is 84.9 Å². The molecule has 200 valence electrons. The quantitative estimate of drug-likeness (QED) is 0.276. The Balaban J connectivity index is 1.60. The lowest BCUT2D eigenvalue weighted by Crippen LogP contribution is -2.31. The number of ether oxygens (including phenoxy) is 1. The summed E-state index contributed by atoms with van der Waals surface area (Å²) in [6, 6.07) is 24.3. The topological polar surface area (TPSA) is 90.3 Å². The zero-order chi connectivity index (χ0) is 28.1. The van der Waals surface area contributed by atoms with E-state index in [0.29, 0.717) is 17.8 Å². The molecule has 0 bridgehead atoms. The molecule has 2 N–H and O–H groups in total. The number of anilines is 1. The number of hydrogen-bond acceptors (Lipinski definition) is 5. The van der Waals surface area contributed by atoms with Crippen molar-refractivity contribution < 1.29 is 24.5 Å². The number of phenolic OH excluding ortho intramolecular Hbond substituents is 2. The Labute approximate surface area is 232 Å². The molecule has 7 nitrogen and oxygen atoms in total. The number of hydrogen-bond donors (Lipinski definition) is 2. The van der Waals surface area contributed by atoms with E-state index in [2.05, 4.69) is 0 Å². The van der Waals surface area contributed by atoms with E-state index in [4.69, 9.17) is 16.3 Å². The maximum absolute atomic E-state index is 13.6. The highest BCUT2D eigenvalue weighted by Crippen LogP contribution is 2.33. The molecular formula is C31H29ClN2O5. The molecule has 0 saturated carbocycles. The Kier molecular flexibility index (Phi) is 8.42. The fraction of sp³-hybridized carbons (Fsp3) is 0.161. The fourth-order valence-corrected chi connectivity index (χ4v) is 4.39. The molecule has 0 aliphatic heterocycles. The zero-order valence-corrected chi connectivity index (χ0v) is 22.6. The van der Waals surface area contributed by atoms with Crippen molar-refractivity contribution in [1.82, 2.24) is 4.90 Å². The lowest BCUT2D eigenvalue weighted by Gasteiger charge is -2.24. The lowest BCUT2D eigenvalue weighted by atomic mass is 10.1. The van der Waals surface area contributed by atoms with Crippen molar-refractivity contribution in [2.75, 3.05) is 19.1 Å². The van der Waals surface area contributed by atoms with Crippen LogP contribution in [0.4, 0.5) is 5.69 Å². The van der Waals surface area contributed by atoms with Gasteiger partial charge in [0.15, 0.2) is 0 Å². The molecule has 0 atom stereocenters. The lowest BCUT2D eigenvalue weighted by molar-refractivity contribution is 0.0785. The van der Waals surface area contributed by atoms with Gasteiger partial charge in [-0.1, -0.05) is 53.6 Å². The fourth-order valence-electron chi connectivity index (χ4n) is 4.22. The van der Waals surface area contributed by atoms with Crippen LogP contribution in [0.2, 0.25) is 5.02 Å². The molecule has 8 heteroatoms. The number of amides is 2. The summed E-state index contributed by atoms with van der Waals surface area (Å²) < 4.78 is 5.19. The SMILES string of the molecule is COc1ccc(CN(C)C(=O)c2ccc(N(Cc3cccc(C)c3)C(=O)c3cc(Cl)c(O)cc3O)cc2)cc1. The van der Waals surface area contributed by atoms with Crippen LogP contribution in [0.25, 0.3) is 0 Å². The van der Waals surface area contributed by atoms with Crippen molar-refractivity contribution in [3.63, 3.8) is 0 Å². The molecule has 39 heavy (non-hydrogen) atoms. The monoisotopic (exact) mass is 544 g/mol. The molecule has 0 unspecified atom stereocenters. The number of methoxy groups -OCH3 is 1. The van der Waals surface area contributed by atoms with Gasteiger partial charge >= 0.3 is 0 Å². The van der Waals surface area contributed by atoms with Gasteiger partial charge in [-0.3, -0.25) is 9.59 Å². The summed E-state index contributed by atoms with van der Waals surface area (Å²) in [6.07, 6.45) is 0. The van der Waals surface area contributed by atoms with Crippen molar-refractivity contribution in [3.8, 4) is 17.2 Å². The molecule has 4 rings (SSSR count). The van der Waals surface area contributed by atoms with Crippen molar-refractivity contribution in [1.29, 1.82) is 0 Å². The number of benzene rings is 4. The number of carbonyl (C=O) groups is 2. The van der Waals surface area contributed by atoms with Crippen LogP contribution in [0.3, 0.4) is 0 Å². The first-order valence-electron chi connectivity index (χ1n) is 12.2. The maximum atomic E-state index is 13.6. The van der Waals surface area contributed by atoms with Crippen LogP contribution in [0.5, 0.6) is 17.2 Å². The van der Waals surface area contributed by atoms with E-state index in [1.807, 2.05) is 55.5 Å². The normalized spacial score (nSPS) is 10.7. The highest BCUT2D eigenvalue weighted by molar-refractivity contribution is 6.32. The Hall–Kier alpha value is -4.49. The summed E-state index contributed by atoms with van der Waals surface area (Å²) in [5.41, 5.74) is 3.83. The number of carbonyl (C=O) groups excluding carboxylic acids is 2. The Morgan fingerprint density at radius 2 is 1.51 bits per heavy atom. The van der Waals surface area contributed by atoms with Crippen LogP contribution < -0.4 is 9.64 Å². The van der Waals surface area contributed by atoms with Gasteiger partial charge in [0.05, 0.1) is 24.2 Å². The second-order valence-corrected chi connectivity index (χ2v) is 9.66. The van der Waals surface area contributed by atoms with Crippen molar-refractivity contribution >= 4 is 29.1 Å². The first-order valence-corrected chi connectivity index (χ1v) is 12.6. The zero-order valence-electron chi connectivity index (χ0n) is 21.9. The third-order valence-electron chi connectivity index (χ3n) is 6.32. The predicted molar refractivity (Wildman–Crippen MR) is 152 cm³/mol. The largest absolute Gasteiger partial charge is 0.507 e. The number of halogens is 1. The molecule has 0 aliphatic rings. The van der Waals surface area contributed by atoms with Gasteiger partial charge < -0.3 is 24.7 Å². The second-order valence-electron chi connectivity index (χ2n) is 9.26. The van der Waals surface area contributed by atoms with E-state index >= 15 is 0 Å². The molecule has 0 fully saturated rings. The standard InChI is InChI=1S/C31H29ClN2O5/c1-20-5-4-6-22(15-20)19-34(31(38)26-16-27(32)29(36)17-28(26)35)24-11-9-23(10-12-24)30(37)33(2)18-21-7-13-25(39-3)14-8-21/h4-17,35-36H,18-19H2,1-3H3. The third kappa shape index (κ3) is 6.51. The minimum atomic E-state index is -0.508. The predicted octanol–water partition coefficient (Wildman–Crippen LogP) is 6.19. The van der Waals surface area contributed by atoms with Crippen molar-refractivity contribution in [3.05, 3.63) is 118 Å². The summed E-state index contributed by atoms with van der Waals surface area (Å²) >= 11 is 6.04. The number of aryl methyl sites for hydroxylation is 1. The summed E-state index contributed by atoms with van der Waals surface area (Å²) in [4.78, 5) is 29.8. The van der Waals surface area contributed by atoms with E-state index in [0.717, 1.165) is 28.5 Å². The van der Waals surface area contributed by atoms with E-state index < -0.39 is 5.91 Å². The number of nitrogens with zero attached hydrogens (tertiary/aromatic N) is 2. The highest BCUT2D eigenvalue weighted by atomic mass is 35.5.